The molecule has 2 aromatic carbocycles. The van der Waals surface area contributed by atoms with Gasteiger partial charge < -0.3 is 15.0 Å². The van der Waals surface area contributed by atoms with Crippen molar-refractivity contribution in [3.63, 3.8) is 0 Å². The van der Waals surface area contributed by atoms with Crippen molar-refractivity contribution in [3.05, 3.63) is 75.1 Å². The summed E-state index contributed by atoms with van der Waals surface area (Å²) in [5, 5.41) is 3.93. The number of fused-ring (bicyclic) bond motifs is 1. The molecular formula is C23H26N2O3. The first kappa shape index (κ1) is 19.7. The number of hydrogen-bond donors (Lipinski definition) is 2. The molecule has 3 aromatic rings. The van der Waals surface area contributed by atoms with Gasteiger partial charge in [0.15, 0.2) is 0 Å². The van der Waals surface area contributed by atoms with Crippen LogP contribution in [0, 0.1) is 13.8 Å². The highest BCUT2D eigenvalue weighted by molar-refractivity contribution is 5.83. The molecule has 0 spiro atoms. The molecule has 0 fully saturated rings. The number of ether oxygens (including phenoxy) is 1. The summed E-state index contributed by atoms with van der Waals surface area (Å²) >= 11 is 0. The molecule has 2 N–H and O–H groups in total. The molecule has 1 amide bonds. The van der Waals surface area contributed by atoms with Gasteiger partial charge in [-0.15, -0.1) is 0 Å². The second kappa shape index (κ2) is 8.74. The molecule has 0 radical (unpaired) electrons. The van der Waals surface area contributed by atoms with Crippen LogP contribution in [0.4, 0.5) is 0 Å². The summed E-state index contributed by atoms with van der Waals surface area (Å²) in [4.78, 5) is 27.4. The molecule has 3 rings (SSSR count). The second-order valence-electron chi connectivity index (χ2n) is 7.12. The van der Waals surface area contributed by atoms with E-state index in [2.05, 4.69) is 16.4 Å². The number of aromatic nitrogens is 1. The molecule has 0 saturated carbocycles. The van der Waals surface area contributed by atoms with Gasteiger partial charge in [-0.25, -0.2) is 0 Å². The van der Waals surface area contributed by atoms with Gasteiger partial charge in [0.2, 0.25) is 5.91 Å². The van der Waals surface area contributed by atoms with Gasteiger partial charge in [0.25, 0.3) is 5.56 Å². The summed E-state index contributed by atoms with van der Waals surface area (Å²) in [5.41, 5.74) is 4.73. The van der Waals surface area contributed by atoms with E-state index in [4.69, 9.17) is 4.74 Å². The number of pyridine rings is 1. The number of methoxy groups -OCH3 is 1. The molecule has 0 unspecified atom stereocenters. The Bertz CT molecular complexity index is 1040. The third kappa shape index (κ3) is 4.80. The lowest BCUT2D eigenvalue weighted by Crippen LogP contribution is -2.26. The van der Waals surface area contributed by atoms with E-state index >= 15 is 0 Å². The summed E-state index contributed by atoms with van der Waals surface area (Å²) < 4.78 is 5.14. The topological polar surface area (TPSA) is 71.2 Å². The van der Waals surface area contributed by atoms with Gasteiger partial charge in [-0.1, -0.05) is 23.8 Å². The average molecular weight is 378 g/mol. The van der Waals surface area contributed by atoms with Crippen molar-refractivity contribution in [3.8, 4) is 5.75 Å². The van der Waals surface area contributed by atoms with Crippen LogP contribution >= 0.6 is 0 Å². The minimum absolute atomic E-state index is 0.0477. The zero-order chi connectivity index (χ0) is 20.1. The molecule has 5 heteroatoms. The van der Waals surface area contributed by atoms with E-state index in [1.807, 2.05) is 50.2 Å². The molecule has 0 saturated heterocycles. The Kier molecular flexibility index (Phi) is 6.14. The summed E-state index contributed by atoms with van der Waals surface area (Å²) in [6.07, 6.45) is 1.47. The van der Waals surface area contributed by atoms with Crippen molar-refractivity contribution in [2.75, 3.05) is 13.7 Å². The highest BCUT2D eigenvalue weighted by atomic mass is 16.5. The van der Waals surface area contributed by atoms with Crippen LogP contribution in [0.2, 0.25) is 0 Å². The SMILES string of the molecule is COc1ccc(CCNC(=O)CCc2cc3cc(C)cc(C)c3[nH]c2=O)cc1. The lowest BCUT2D eigenvalue weighted by molar-refractivity contribution is -0.121. The van der Waals surface area contributed by atoms with Crippen LogP contribution in [0.15, 0.2) is 47.3 Å². The molecular weight excluding hydrogens is 352 g/mol. The molecule has 5 nitrogen and oxygen atoms in total. The highest BCUT2D eigenvalue weighted by Crippen LogP contribution is 2.18. The zero-order valence-corrected chi connectivity index (χ0v) is 16.6. The van der Waals surface area contributed by atoms with E-state index in [0.29, 0.717) is 24.9 Å². The molecule has 28 heavy (non-hydrogen) atoms. The van der Waals surface area contributed by atoms with Gasteiger partial charge in [-0.3, -0.25) is 9.59 Å². The van der Waals surface area contributed by atoms with Crippen molar-refractivity contribution in [2.24, 2.45) is 0 Å². The third-order valence-electron chi connectivity index (χ3n) is 4.89. The standard InChI is InChI=1S/C23H26N2O3/c1-15-12-16(2)22-19(13-15)14-18(23(27)25-22)6-9-21(26)24-11-10-17-4-7-20(28-3)8-5-17/h4-5,7-8,12-14H,6,9-11H2,1-3H3,(H,24,26)(H,25,27). The van der Waals surface area contributed by atoms with Gasteiger partial charge in [0, 0.05) is 18.5 Å². The maximum Gasteiger partial charge on any atom is 0.251 e. The third-order valence-corrected chi connectivity index (χ3v) is 4.89. The van der Waals surface area contributed by atoms with Crippen LogP contribution in [0.25, 0.3) is 10.9 Å². The molecule has 146 valence electrons. The quantitative estimate of drug-likeness (QED) is 0.662. The number of rotatable bonds is 7. The summed E-state index contributed by atoms with van der Waals surface area (Å²) in [7, 11) is 1.64. The normalized spacial score (nSPS) is 10.8. The van der Waals surface area contributed by atoms with Gasteiger partial charge >= 0.3 is 0 Å². The summed E-state index contributed by atoms with van der Waals surface area (Å²) in [6.45, 7) is 4.59. The van der Waals surface area contributed by atoms with E-state index < -0.39 is 0 Å². The number of H-pyrrole nitrogens is 1. The van der Waals surface area contributed by atoms with Gasteiger partial charge in [-0.2, -0.15) is 0 Å². The predicted octanol–water partition coefficient (Wildman–Crippen LogP) is 3.45. The van der Waals surface area contributed by atoms with Crippen LogP contribution in [0.5, 0.6) is 5.75 Å². The fourth-order valence-electron chi connectivity index (χ4n) is 3.39. The van der Waals surface area contributed by atoms with Gasteiger partial charge in [0.05, 0.1) is 12.6 Å². The summed E-state index contributed by atoms with van der Waals surface area (Å²) in [5.74, 6) is 0.771. The van der Waals surface area contributed by atoms with E-state index in [-0.39, 0.29) is 11.5 Å². The number of carbonyl (C=O) groups excluding carboxylic acids is 1. The molecule has 1 aromatic heterocycles. The maximum atomic E-state index is 12.3. The molecule has 0 bridgehead atoms. The maximum absolute atomic E-state index is 12.3. The lowest BCUT2D eigenvalue weighted by atomic mass is 10.0. The van der Waals surface area contributed by atoms with E-state index in [9.17, 15) is 9.59 Å². The van der Waals surface area contributed by atoms with Crippen LogP contribution in [-0.2, 0) is 17.6 Å². The van der Waals surface area contributed by atoms with E-state index in [1.165, 1.54) is 0 Å². The van der Waals surface area contributed by atoms with Gasteiger partial charge in [0.1, 0.15) is 5.75 Å². The predicted molar refractivity (Wildman–Crippen MR) is 112 cm³/mol. The molecule has 0 atom stereocenters. The Morgan fingerprint density at radius 2 is 1.82 bits per heavy atom. The number of aryl methyl sites for hydroxylation is 3. The second-order valence-corrected chi connectivity index (χ2v) is 7.12. The molecule has 0 aliphatic rings. The number of nitrogens with one attached hydrogen (secondary N) is 2. The Balaban J connectivity index is 1.55. The first-order valence-electron chi connectivity index (χ1n) is 9.49. The largest absolute Gasteiger partial charge is 0.497 e. The molecule has 1 heterocycles. The van der Waals surface area contributed by atoms with E-state index in [1.54, 1.807) is 7.11 Å². The number of carbonyl (C=O) groups is 1. The minimum Gasteiger partial charge on any atom is -0.497 e. The molecule has 0 aliphatic carbocycles. The Morgan fingerprint density at radius 3 is 2.54 bits per heavy atom. The fourth-order valence-corrected chi connectivity index (χ4v) is 3.39. The number of benzene rings is 2. The van der Waals surface area contributed by atoms with Crippen LogP contribution < -0.4 is 15.6 Å². The zero-order valence-electron chi connectivity index (χ0n) is 16.6. The van der Waals surface area contributed by atoms with Crippen LogP contribution in [-0.4, -0.2) is 24.5 Å². The minimum atomic E-state index is -0.120. The first-order valence-corrected chi connectivity index (χ1v) is 9.49. The number of amides is 1. The Labute approximate surface area is 164 Å². The Morgan fingerprint density at radius 1 is 1.07 bits per heavy atom. The monoisotopic (exact) mass is 378 g/mol. The van der Waals surface area contributed by atoms with Gasteiger partial charge in [-0.05, 0) is 67.5 Å². The number of aromatic amines is 1. The van der Waals surface area contributed by atoms with Crippen LogP contribution in [0.1, 0.15) is 28.7 Å². The number of hydrogen-bond acceptors (Lipinski definition) is 3. The van der Waals surface area contributed by atoms with Crippen molar-refractivity contribution in [1.82, 2.24) is 10.3 Å². The fraction of sp³-hybridized carbons (Fsp3) is 0.304. The van der Waals surface area contributed by atoms with Crippen molar-refractivity contribution >= 4 is 16.8 Å². The van der Waals surface area contributed by atoms with E-state index in [0.717, 1.165) is 39.8 Å². The molecule has 0 aliphatic heterocycles. The lowest BCUT2D eigenvalue weighted by Gasteiger charge is -2.08. The van der Waals surface area contributed by atoms with Crippen LogP contribution in [0.3, 0.4) is 0 Å². The van der Waals surface area contributed by atoms with Crippen molar-refractivity contribution < 1.29 is 9.53 Å². The van der Waals surface area contributed by atoms with Crippen molar-refractivity contribution in [2.45, 2.75) is 33.1 Å². The highest BCUT2D eigenvalue weighted by Gasteiger charge is 2.08. The van der Waals surface area contributed by atoms with Crippen molar-refractivity contribution in [1.29, 1.82) is 0 Å². The average Bonchev–Trinajstić information content (AvgIpc) is 2.67. The Hall–Kier alpha value is -3.08. The smallest absolute Gasteiger partial charge is 0.251 e. The first-order chi connectivity index (χ1) is 13.5. The summed E-state index contributed by atoms with van der Waals surface area (Å²) in [6, 6.07) is 13.8.